The molecule has 1 heterocycles. The van der Waals surface area contributed by atoms with E-state index >= 15 is 0 Å². The molecule has 0 spiro atoms. The molecule has 0 N–H and O–H groups in total. The zero-order valence-corrected chi connectivity index (χ0v) is 7.44. The second kappa shape index (κ2) is 3.71. The molecule has 0 amide bonds. The monoisotopic (exact) mass is 181 g/mol. The van der Waals surface area contributed by atoms with Crippen LogP contribution in [0.15, 0.2) is 48.6 Å². The van der Waals surface area contributed by atoms with Gasteiger partial charge < -0.3 is 0 Å². The maximum atomic E-state index is 8.94. The molecule has 14 heavy (non-hydrogen) atoms. The van der Waals surface area contributed by atoms with Gasteiger partial charge in [-0.2, -0.15) is 5.26 Å². The van der Waals surface area contributed by atoms with E-state index in [9.17, 15) is 0 Å². The lowest BCUT2D eigenvalue weighted by Crippen LogP contribution is -1.85. The molecule has 2 heteroatoms. The fourth-order valence-electron chi connectivity index (χ4n) is 1.25. The third kappa shape index (κ3) is 1.48. The van der Waals surface area contributed by atoms with Crippen LogP contribution in [0.1, 0.15) is 6.93 Å². The molecule has 2 rings (SSSR count). The molecular weight excluding hydrogens is 172 g/mol. The highest BCUT2D eigenvalue weighted by atomic mass is 14.7. The Balaban J connectivity index is 2.68. The van der Waals surface area contributed by atoms with Crippen LogP contribution in [0.5, 0.6) is 0 Å². The Kier molecular flexibility index (Phi) is 1.93. The molecule has 2 nitrogen and oxygen atoms in total. The van der Waals surface area contributed by atoms with Gasteiger partial charge in [-0.1, -0.05) is 24.2 Å². The van der Waals surface area contributed by atoms with Crippen molar-refractivity contribution in [3.63, 3.8) is 0 Å². The van der Waals surface area contributed by atoms with Crippen molar-refractivity contribution in [2.24, 2.45) is 0 Å². The summed E-state index contributed by atoms with van der Waals surface area (Å²) in [6.07, 6.45) is 1.66. The van der Waals surface area contributed by atoms with Gasteiger partial charge in [-0.05, 0) is 18.2 Å². The number of pyridine rings is 1. The number of nitrogens with zero attached hydrogens (tertiary/aromatic N) is 2. The lowest BCUT2D eigenvalue weighted by molar-refractivity contribution is 1.32. The summed E-state index contributed by atoms with van der Waals surface area (Å²) in [5.41, 5.74) is 1.75. The lowest BCUT2D eigenvalue weighted by atomic mass is 10.1. The minimum Gasteiger partial charge on any atom is -0.256 e. The first kappa shape index (κ1) is 7.28. The number of nitriles is 1. The summed E-state index contributed by atoms with van der Waals surface area (Å²) in [6, 6.07) is 12.9. The lowest BCUT2D eigenvalue weighted by Gasteiger charge is -2.01. The maximum Gasteiger partial charge on any atom is 0.0998 e. The summed E-state index contributed by atoms with van der Waals surface area (Å²) in [7, 11) is 0. The highest BCUT2D eigenvalue weighted by Crippen LogP contribution is 2.19. The minimum absolute atomic E-state index is 0.327. The third-order valence-corrected chi connectivity index (χ3v) is 1.90. The molecule has 2 aromatic rings. The van der Waals surface area contributed by atoms with Crippen molar-refractivity contribution in [2.45, 2.75) is 0 Å². The van der Waals surface area contributed by atoms with Crippen LogP contribution in [-0.4, -0.2) is 4.98 Å². The van der Waals surface area contributed by atoms with Crippen LogP contribution in [-0.2, 0) is 0 Å². The van der Waals surface area contributed by atoms with Crippen LogP contribution >= 0.6 is 0 Å². The van der Waals surface area contributed by atoms with Crippen molar-refractivity contribution in [1.82, 2.24) is 4.98 Å². The minimum atomic E-state index is 0.327. The summed E-state index contributed by atoms with van der Waals surface area (Å²) in [4.78, 5) is 4.15. The Hall–Kier alpha value is -2.14. The zero-order valence-electron chi connectivity index (χ0n) is 8.44. The molecule has 0 aliphatic heterocycles. The van der Waals surface area contributed by atoms with Crippen LogP contribution < -0.4 is 0 Å². The topological polar surface area (TPSA) is 36.7 Å². The molecule has 0 radical (unpaired) electrons. The van der Waals surface area contributed by atoms with Crippen molar-refractivity contribution in [2.75, 3.05) is 0 Å². The van der Waals surface area contributed by atoms with Crippen LogP contribution in [0.25, 0.3) is 11.3 Å². The van der Waals surface area contributed by atoms with E-state index in [0.29, 0.717) is 22.9 Å². The first-order valence-corrected chi connectivity index (χ1v) is 4.24. The number of aromatic nitrogens is 1. The van der Waals surface area contributed by atoms with Gasteiger partial charge in [0.05, 0.1) is 18.7 Å². The third-order valence-electron chi connectivity index (χ3n) is 1.90. The number of hydrogen-bond donors (Lipinski definition) is 0. The number of rotatable bonds is 1. The predicted molar refractivity (Wildman–Crippen MR) is 54.4 cm³/mol. The second-order valence-corrected chi connectivity index (χ2v) is 2.79. The van der Waals surface area contributed by atoms with Crippen molar-refractivity contribution in [3.05, 3.63) is 54.2 Å². The SMILES string of the molecule is [2H]c1cccc(C#N)c1-c1ccccn1. The van der Waals surface area contributed by atoms with Gasteiger partial charge in [-0.15, -0.1) is 0 Å². The molecule has 0 bridgehead atoms. The van der Waals surface area contributed by atoms with E-state index in [0.717, 1.165) is 0 Å². The molecule has 0 saturated carbocycles. The molecule has 0 saturated heterocycles. The van der Waals surface area contributed by atoms with Crippen LogP contribution in [0.2, 0.25) is 0 Å². The molecule has 0 unspecified atom stereocenters. The standard InChI is InChI=1S/C12H8N2/c13-9-10-5-1-2-6-11(10)12-7-3-4-8-14-12/h1-8H/i6D. The van der Waals surface area contributed by atoms with Gasteiger partial charge in [0.15, 0.2) is 0 Å². The first-order chi connectivity index (χ1) is 7.33. The van der Waals surface area contributed by atoms with Crippen LogP contribution in [0, 0.1) is 11.3 Å². The predicted octanol–water partition coefficient (Wildman–Crippen LogP) is 2.62. The van der Waals surface area contributed by atoms with E-state index in [1.54, 1.807) is 30.5 Å². The molecule has 0 aliphatic rings. The molecular formula is C12H8N2. The van der Waals surface area contributed by atoms with Crippen molar-refractivity contribution >= 4 is 0 Å². The summed E-state index contributed by atoms with van der Waals surface area (Å²) < 4.78 is 7.76. The number of benzene rings is 1. The van der Waals surface area contributed by atoms with E-state index < -0.39 is 0 Å². The largest absolute Gasteiger partial charge is 0.256 e. The molecule has 0 atom stereocenters. The Morgan fingerprint density at radius 2 is 2.07 bits per heavy atom. The maximum absolute atomic E-state index is 8.94. The molecule has 0 fully saturated rings. The Bertz CT molecular complexity index is 515. The van der Waals surface area contributed by atoms with Crippen molar-refractivity contribution in [1.29, 1.82) is 5.26 Å². The van der Waals surface area contributed by atoms with Gasteiger partial charge in [-0.25, -0.2) is 0 Å². The second-order valence-electron chi connectivity index (χ2n) is 2.79. The fourth-order valence-corrected chi connectivity index (χ4v) is 1.25. The molecule has 1 aromatic heterocycles. The fraction of sp³-hybridized carbons (Fsp3) is 0. The van der Waals surface area contributed by atoms with Gasteiger partial charge in [0.2, 0.25) is 0 Å². The van der Waals surface area contributed by atoms with E-state index in [2.05, 4.69) is 11.1 Å². The zero-order chi connectivity index (χ0) is 10.7. The average molecular weight is 181 g/mol. The summed E-state index contributed by atoms with van der Waals surface area (Å²) >= 11 is 0. The molecule has 1 aromatic carbocycles. The smallest absolute Gasteiger partial charge is 0.0998 e. The highest BCUT2D eigenvalue weighted by molar-refractivity contribution is 5.66. The Morgan fingerprint density at radius 1 is 1.21 bits per heavy atom. The Labute approximate surface area is 83.9 Å². The van der Waals surface area contributed by atoms with E-state index in [4.69, 9.17) is 6.63 Å². The first-order valence-electron chi connectivity index (χ1n) is 4.74. The quantitative estimate of drug-likeness (QED) is 0.678. The van der Waals surface area contributed by atoms with Crippen molar-refractivity contribution in [3.8, 4) is 17.3 Å². The van der Waals surface area contributed by atoms with Gasteiger partial charge in [-0.3, -0.25) is 4.98 Å². The van der Waals surface area contributed by atoms with Gasteiger partial charge in [0.25, 0.3) is 0 Å². The number of hydrogen-bond acceptors (Lipinski definition) is 2. The van der Waals surface area contributed by atoms with Gasteiger partial charge in [0.1, 0.15) is 0 Å². The van der Waals surface area contributed by atoms with Gasteiger partial charge in [0, 0.05) is 11.8 Å². The molecule has 0 aliphatic carbocycles. The van der Waals surface area contributed by atoms with Crippen molar-refractivity contribution < 1.29 is 1.37 Å². The molecule has 66 valence electrons. The van der Waals surface area contributed by atoms with E-state index in [1.807, 2.05) is 12.1 Å². The summed E-state index contributed by atoms with van der Waals surface area (Å²) in [5, 5.41) is 8.94. The Morgan fingerprint density at radius 3 is 2.79 bits per heavy atom. The average Bonchev–Trinajstić information content (AvgIpc) is 2.29. The van der Waals surface area contributed by atoms with Crippen LogP contribution in [0.4, 0.5) is 0 Å². The van der Waals surface area contributed by atoms with E-state index in [-0.39, 0.29) is 0 Å². The van der Waals surface area contributed by atoms with Crippen LogP contribution in [0.3, 0.4) is 0 Å². The summed E-state index contributed by atoms with van der Waals surface area (Å²) in [5.74, 6) is 0. The summed E-state index contributed by atoms with van der Waals surface area (Å²) in [6.45, 7) is 0. The van der Waals surface area contributed by atoms with E-state index in [1.165, 1.54) is 0 Å². The van der Waals surface area contributed by atoms with Gasteiger partial charge >= 0.3 is 0 Å². The highest BCUT2D eigenvalue weighted by Gasteiger charge is 2.02. The normalized spacial score (nSPS) is 10.4.